The van der Waals surface area contributed by atoms with Gasteiger partial charge in [0.2, 0.25) is 5.91 Å². The van der Waals surface area contributed by atoms with Gasteiger partial charge in [0.25, 0.3) is 0 Å². The van der Waals surface area contributed by atoms with Gasteiger partial charge in [0.1, 0.15) is 18.2 Å². The molecule has 1 saturated heterocycles. The number of halogens is 1. The summed E-state index contributed by atoms with van der Waals surface area (Å²) in [6.07, 6.45) is 0.452. The van der Waals surface area contributed by atoms with Crippen molar-refractivity contribution in [3.63, 3.8) is 0 Å². The maximum absolute atomic E-state index is 13.1. The standard InChI is InChI=1S/C29H30ClN3O2/c1-18-8-7-9-19(2)28(18)33-17-22(16-26(33)34)29-31-24-10-5-6-11-25(24)32(29)12-13-35-23-14-20(3)27(30)21(4)15-23/h5-11,14-15,22H,12-13,16-17H2,1-4H3. The molecule has 1 aromatic heterocycles. The number of fused-ring (bicyclic) bond motifs is 1. The van der Waals surface area contributed by atoms with E-state index in [-0.39, 0.29) is 11.8 Å². The lowest BCUT2D eigenvalue weighted by Gasteiger charge is -2.21. The predicted molar refractivity (Wildman–Crippen MR) is 142 cm³/mol. The summed E-state index contributed by atoms with van der Waals surface area (Å²) in [7, 11) is 0. The van der Waals surface area contributed by atoms with E-state index in [0.29, 0.717) is 26.1 Å². The van der Waals surface area contributed by atoms with E-state index in [9.17, 15) is 4.79 Å². The molecule has 1 amide bonds. The number of carbonyl (C=O) groups excluding carboxylic acids is 1. The van der Waals surface area contributed by atoms with Crippen molar-refractivity contribution in [2.45, 2.75) is 46.6 Å². The third-order valence-electron chi connectivity index (χ3n) is 6.88. The highest BCUT2D eigenvalue weighted by Gasteiger charge is 2.35. The van der Waals surface area contributed by atoms with Crippen LogP contribution in [0.3, 0.4) is 0 Å². The van der Waals surface area contributed by atoms with Crippen LogP contribution in [0.2, 0.25) is 5.02 Å². The third kappa shape index (κ3) is 4.41. The summed E-state index contributed by atoms with van der Waals surface area (Å²) in [4.78, 5) is 20.1. The van der Waals surface area contributed by atoms with Crippen molar-refractivity contribution in [3.05, 3.63) is 87.7 Å². The molecular formula is C29H30ClN3O2. The molecule has 1 aliphatic rings. The molecule has 0 N–H and O–H groups in total. The Labute approximate surface area is 211 Å². The van der Waals surface area contributed by atoms with Crippen molar-refractivity contribution in [3.8, 4) is 5.75 Å². The lowest BCUT2D eigenvalue weighted by molar-refractivity contribution is -0.117. The van der Waals surface area contributed by atoms with Crippen LogP contribution in [0.5, 0.6) is 5.75 Å². The van der Waals surface area contributed by atoms with E-state index in [4.69, 9.17) is 21.3 Å². The van der Waals surface area contributed by atoms with E-state index in [2.05, 4.69) is 36.6 Å². The van der Waals surface area contributed by atoms with Crippen LogP contribution in [0.25, 0.3) is 11.0 Å². The number of ether oxygens (including phenoxy) is 1. The van der Waals surface area contributed by atoms with Gasteiger partial charge in [0, 0.05) is 29.6 Å². The molecule has 0 saturated carbocycles. The van der Waals surface area contributed by atoms with Crippen molar-refractivity contribution in [2.75, 3.05) is 18.1 Å². The lowest BCUT2D eigenvalue weighted by atomic mass is 10.1. The van der Waals surface area contributed by atoms with Gasteiger partial charge in [0.05, 0.1) is 17.6 Å². The number of imidazole rings is 1. The number of amides is 1. The Hall–Kier alpha value is -3.31. The maximum atomic E-state index is 13.1. The van der Waals surface area contributed by atoms with Crippen LogP contribution in [-0.4, -0.2) is 28.6 Å². The number of aryl methyl sites for hydroxylation is 4. The van der Waals surface area contributed by atoms with E-state index >= 15 is 0 Å². The minimum absolute atomic E-state index is 0.0222. The smallest absolute Gasteiger partial charge is 0.227 e. The molecule has 5 rings (SSSR count). The van der Waals surface area contributed by atoms with E-state index < -0.39 is 0 Å². The Bertz CT molecular complexity index is 1380. The Morgan fingerprint density at radius 3 is 2.37 bits per heavy atom. The van der Waals surface area contributed by atoms with E-state index in [1.807, 2.05) is 55.1 Å². The van der Waals surface area contributed by atoms with Gasteiger partial charge < -0.3 is 14.2 Å². The second-order valence-corrected chi connectivity index (χ2v) is 9.85. The largest absolute Gasteiger partial charge is 0.492 e. The van der Waals surface area contributed by atoms with Crippen LogP contribution in [0, 0.1) is 27.7 Å². The molecule has 5 nitrogen and oxygen atoms in total. The monoisotopic (exact) mass is 487 g/mol. The number of aromatic nitrogens is 2. The van der Waals surface area contributed by atoms with E-state index in [1.165, 1.54) is 0 Å². The maximum Gasteiger partial charge on any atom is 0.227 e. The first kappa shape index (κ1) is 23.4. The third-order valence-corrected chi connectivity index (χ3v) is 7.47. The lowest BCUT2D eigenvalue weighted by Crippen LogP contribution is -2.26. The number of hydrogen-bond donors (Lipinski definition) is 0. The highest BCUT2D eigenvalue weighted by molar-refractivity contribution is 6.32. The Morgan fingerprint density at radius 2 is 1.66 bits per heavy atom. The van der Waals surface area contributed by atoms with Gasteiger partial charge in [0.15, 0.2) is 0 Å². The van der Waals surface area contributed by atoms with Crippen LogP contribution in [-0.2, 0) is 11.3 Å². The molecule has 35 heavy (non-hydrogen) atoms. The summed E-state index contributed by atoms with van der Waals surface area (Å²) in [6, 6.07) is 18.3. The van der Waals surface area contributed by atoms with Crippen molar-refractivity contribution in [2.24, 2.45) is 0 Å². The molecule has 1 fully saturated rings. The topological polar surface area (TPSA) is 47.4 Å². The van der Waals surface area contributed by atoms with Crippen molar-refractivity contribution < 1.29 is 9.53 Å². The first-order valence-corrected chi connectivity index (χ1v) is 12.4. The molecule has 2 heterocycles. The van der Waals surface area contributed by atoms with E-state index in [0.717, 1.165) is 55.6 Å². The summed E-state index contributed by atoms with van der Waals surface area (Å²) in [5, 5.41) is 0.777. The molecule has 1 unspecified atom stereocenters. The molecule has 4 aromatic rings. The van der Waals surface area contributed by atoms with Crippen molar-refractivity contribution in [1.29, 1.82) is 0 Å². The number of para-hydroxylation sites is 3. The Morgan fingerprint density at radius 1 is 0.971 bits per heavy atom. The Balaban J connectivity index is 1.42. The SMILES string of the molecule is Cc1cc(OCCn2c(C3CC(=O)N(c4c(C)cccc4C)C3)nc3ccccc32)cc(C)c1Cl. The quantitative estimate of drug-likeness (QED) is 0.311. The molecule has 3 aromatic carbocycles. The molecule has 180 valence electrons. The number of hydrogen-bond acceptors (Lipinski definition) is 3. The van der Waals surface area contributed by atoms with E-state index in [1.54, 1.807) is 0 Å². The zero-order valence-electron chi connectivity index (χ0n) is 20.6. The average molecular weight is 488 g/mol. The zero-order valence-corrected chi connectivity index (χ0v) is 21.4. The van der Waals surface area contributed by atoms with Crippen LogP contribution < -0.4 is 9.64 Å². The van der Waals surface area contributed by atoms with Crippen LogP contribution in [0.4, 0.5) is 5.69 Å². The number of benzene rings is 3. The molecule has 0 spiro atoms. The number of anilines is 1. The van der Waals surface area contributed by atoms with Gasteiger partial charge in [-0.25, -0.2) is 4.98 Å². The van der Waals surface area contributed by atoms with Crippen molar-refractivity contribution >= 4 is 34.2 Å². The summed E-state index contributed by atoms with van der Waals surface area (Å²) in [6.45, 7) is 9.88. The molecule has 1 atom stereocenters. The first-order valence-electron chi connectivity index (χ1n) is 12.0. The normalized spacial score (nSPS) is 15.9. The Kier molecular flexibility index (Phi) is 6.28. The fourth-order valence-electron chi connectivity index (χ4n) is 5.21. The second-order valence-electron chi connectivity index (χ2n) is 9.48. The minimum atomic E-state index is 0.0222. The zero-order chi connectivity index (χ0) is 24.7. The predicted octanol–water partition coefficient (Wildman–Crippen LogP) is 6.52. The fourth-order valence-corrected chi connectivity index (χ4v) is 5.32. The molecule has 0 aliphatic carbocycles. The molecule has 0 radical (unpaired) electrons. The van der Waals surface area contributed by atoms with Gasteiger partial charge in [-0.3, -0.25) is 4.79 Å². The number of carbonyl (C=O) groups is 1. The number of rotatable bonds is 6. The summed E-state index contributed by atoms with van der Waals surface area (Å²) < 4.78 is 8.34. The molecular weight excluding hydrogens is 458 g/mol. The summed E-state index contributed by atoms with van der Waals surface area (Å²) >= 11 is 6.31. The summed E-state index contributed by atoms with van der Waals surface area (Å²) in [5.74, 6) is 1.93. The van der Waals surface area contributed by atoms with Gasteiger partial charge in [-0.05, 0) is 74.2 Å². The van der Waals surface area contributed by atoms with Gasteiger partial charge >= 0.3 is 0 Å². The molecule has 6 heteroatoms. The van der Waals surface area contributed by atoms with Gasteiger partial charge in [-0.15, -0.1) is 0 Å². The fraction of sp³-hybridized carbons (Fsp3) is 0.310. The van der Waals surface area contributed by atoms with Gasteiger partial charge in [-0.2, -0.15) is 0 Å². The average Bonchev–Trinajstić information content (AvgIpc) is 3.38. The minimum Gasteiger partial charge on any atom is -0.492 e. The second kappa shape index (κ2) is 9.38. The number of nitrogens with zero attached hydrogens (tertiary/aromatic N) is 3. The highest BCUT2D eigenvalue weighted by Crippen LogP contribution is 2.36. The highest BCUT2D eigenvalue weighted by atomic mass is 35.5. The van der Waals surface area contributed by atoms with Crippen LogP contribution in [0.1, 0.15) is 40.4 Å². The molecule has 1 aliphatic heterocycles. The van der Waals surface area contributed by atoms with Crippen LogP contribution in [0.15, 0.2) is 54.6 Å². The molecule has 0 bridgehead atoms. The van der Waals surface area contributed by atoms with Gasteiger partial charge in [-0.1, -0.05) is 41.9 Å². The van der Waals surface area contributed by atoms with Crippen LogP contribution >= 0.6 is 11.6 Å². The van der Waals surface area contributed by atoms with Crippen molar-refractivity contribution in [1.82, 2.24) is 9.55 Å². The first-order chi connectivity index (χ1) is 16.8. The summed E-state index contributed by atoms with van der Waals surface area (Å²) in [5.41, 5.74) is 7.28.